The van der Waals surface area contributed by atoms with Gasteiger partial charge in [-0.1, -0.05) is 11.6 Å². The Morgan fingerprint density at radius 1 is 1.75 bits per heavy atom. The highest BCUT2D eigenvalue weighted by atomic mass is 16.1. The second-order valence-corrected chi connectivity index (χ2v) is 1.64. The molecule has 0 rings (SSSR count). The molecule has 0 aromatic heterocycles. The van der Waals surface area contributed by atoms with Crippen molar-refractivity contribution in [2.24, 2.45) is 0 Å². The SMILES string of the molecule is C=CC/C(C)=C\C=O. The summed E-state index contributed by atoms with van der Waals surface area (Å²) in [4.78, 5) is 9.78. The van der Waals surface area contributed by atoms with E-state index in [-0.39, 0.29) is 0 Å². The summed E-state index contributed by atoms with van der Waals surface area (Å²) in [6.07, 6.45) is 4.91. The highest BCUT2D eigenvalue weighted by molar-refractivity contribution is 5.65. The Bertz CT molecular complexity index is 112. The summed E-state index contributed by atoms with van der Waals surface area (Å²) in [6, 6.07) is 0. The molecular weight excluding hydrogens is 100 g/mol. The van der Waals surface area contributed by atoms with E-state index in [0.29, 0.717) is 0 Å². The molecule has 8 heavy (non-hydrogen) atoms. The van der Waals surface area contributed by atoms with Crippen LogP contribution in [-0.2, 0) is 4.79 Å². The van der Waals surface area contributed by atoms with Crippen molar-refractivity contribution in [3.8, 4) is 0 Å². The van der Waals surface area contributed by atoms with Crippen molar-refractivity contribution in [1.29, 1.82) is 0 Å². The molecular formula is C7H10O. The molecule has 0 atom stereocenters. The normalized spacial score (nSPS) is 10.9. The molecule has 0 heterocycles. The molecule has 0 spiro atoms. The number of aldehydes is 1. The van der Waals surface area contributed by atoms with E-state index in [4.69, 9.17) is 0 Å². The van der Waals surface area contributed by atoms with Crippen LogP contribution in [0.15, 0.2) is 24.3 Å². The van der Waals surface area contributed by atoms with Crippen molar-refractivity contribution in [2.45, 2.75) is 13.3 Å². The molecule has 0 saturated heterocycles. The van der Waals surface area contributed by atoms with E-state index in [0.717, 1.165) is 18.3 Å². The summed E-state index contributed by atoms with van der Waals surface area (Å²) < 4.78 is 0. The van der Waals surface area contributed by atoms with Gasteiger partial charge in [-0.05, 0) is 19.4 Å². The summed E-state index contributed by atoms with van der Waals surface area (Å²) in [6.45, 7) is 5.43. The smallest absolute Gasteiger partial charge is 0.142 e. The Kier molecular flexibility index (Phi) is 3.85. The van der Waals surface area contributed by atoms with E-state index in [1.165, 1.54) is 0 Å². The van der Waals surface area contributed by atoms with Gasteiger partial charge in [-0.25, -0.2) is 0 Å². The molecule has 0 aliphatic carbocycles. The van der Waals surface area contributed by atoms with Crippen molar-refractivity contribution < 1.29 is 4.79 Å². The molecule has 0 fully saturated rings. The number of rotatable bonds is 3. The monoisotopic (exact) mass is 110 g/mol. The fraction of sp³-hybridized carbons (Fsp3) is 0.286. The van der Waals surface area contributed by atoms with Crippen molar-refractivity contribution in [1.82, 2.24) is 0 Å². The van der Waals surface area contributed by atoms with Crippen molar-refractivity contribution in [2.75, 3.05) is 0 Å². The third kappa shape index (κ3) is 3.34. The lowest BCUT2D eigenvalue weighted by atomic mass is 10.2. The first kappa shape index (κ1) is 7.15. The van der Waals surface area contributed by atoms with Crippen LogP contribution in [0.25, 0.3) is 0 Å². The van der Waals surface area contributed by atoms with Gasteiger partial charge in [0.05, 0.1) is 0 Å². The third-order valence-electron chi connectivity index (χ3n) is 0.819. The molecule has 0 aliphatic heterocycles. The van der Waals surface area contributed by atoms with E-state index in [1.807, 2.05) is 6.92 Å². The molecule has 44 valence electrons. The van der Waals surface area contributed by atoms with Crippen molar-refractivity contribution in [3.63, 3.8) is 0 Å². The molecule has 0 radical (unpaired) electrons. The first-order chi connectivity index (χ1) is 3.81. The van der Waals surface area contributed by atoms with E-state index < -0.39 is 0 Å². The van der Waals surface area contributed by atoms with Gasteiger partial charge in [0.1, 0.15) is 6.29 Å². The summed E-state index contributed by atoms with van der Waals surface area (Å²) in [5.74, 6) is 0. The number of carbonyl (C=O) groups excluding carboxylic acids is 1. The number of carbonyl (C=O) groups is 1. The zero-order chi connectivity index (χ0) is 6.41. The standard InChI is InChI=1S/C7H10O/c1-3-4-7(2)5-6-8/h3,5-6H,1,4H2,2H3/b7-5-. The maximum Gasteiger partial charge on any atom is 0.142 e. The lowest BCUT2D eigenvalue weighted by Crippen LogP contribution is -1.71. The van der Waals surface area contributed by atoms with Gasteiger partial charge in [-0.2, -0.15) is 0 Å². The van der Waals surface area contributed by atoms with Gasteiger partial charge in [0, 0.05) is 0 Å². The number of allylic oxidation sites excluding steroid dienone is 3. The summed E-state index contributed by atoms with van der Waals surface area (Å²) in [5.41, 5.74) is 1.05. The molecule has 1 nitrogen and oxygen atoms in total. The predicted octanol–water partition coefficient (Wildman–Crippen LogP) is 1.71. The molecule has 0 aromatic rings. The zero-order valence-corrected chi connectivity index (χ0v) is 5.05. The average Bonchev–Trinajstić information content (AvgIpc) is 1.68. The van der Waals surface area contributed by atoms with Gasteiger partial charge in [0.2, 0.25) is 0 Å². The Morgan fingerprint density at radius 2 is 2.38 bits per heavy atom. The van der Waals surface area contributed by atoms with Crippen LogP contribution >= 0.6 is 0 Å². The molecule has 0 bridgehead atoms. The van der Waals surface area contributed by atoms with Crippen LogP contribution in [0.3, 0.4) is 0 Å². The van der Waals surface area contributed by atoms with Gasteiger partial charge >= 0.3 is 0 Å². The van der Waals surface area contributed by atoms with Gasteiger partial charge in [0.15, 0.2) is 0 Å². The molecule has 0 aliphatic rings. The lowest BCUT2D eigenvalue weighted by molar-refractivity contribution is -0.104. The van der Waals surface area contributed by atoms with Gasteiger partial charge in [-0.15, -0.1) is 6.58 Å². The quantitative estimate of drug-likeness (QED) is 0.307. The van der Waals surface area contributed by atoms with Crippen molar-refractivity contribution >= 4 is 6.29 Å². The van der Waals surface area contributed by atoms with E-state index in [2.05, 4.69) is 6.58 Å². The van der Waals surface area contributed by atoms with E-state index in [9.17, 15) is 4.79 Å². The fourth-order valence-electron chi connectivity index (χ4n) is 0.412. The number of hydrogen-bond donors (Lipinski definition) is 0. The second kappa shape index (κ2) is 4.31. The summed E-state index contributed by atoms with van der Waals surface area (Å²) in [7, 11) is 0. The molecule has 0 unspecified atom stereocenters. The molecule has 0 aromatic carbocycles. The largest absolute Gasteiger partial charge is 0.299 e. The highest BCUT2D eigenvalue weighted by Gasteiger charge is 1.79. The van der Waals surface area contributed by atoms with Gasteiger partial charge in [0.25, 0.3) is 0 Å². The highest BCUT2D eigenvalue weighted by Crippen LogP contribution is 1.96. The van der Waals surface area contributed by atoms with Crippen LogP contribution in [0.1, 0.15) is 13.3 Å². The molecule has 0 N–H and O–H groups in total. The first-order valence-corrected chi connectivity index (χ1v) is 2.53. The van der Waals surface area contributed by atoms with Crippen LogP contribution in [0.4, 0.5) is 0 Å². The lowest BCUT2D eigenvalue weighted by Gasteiger charge is -1.86. The molecule has 0 amide bonds. The first-order valence-electron chi connectivity index (χ1n) is 2.53. The average molecular weight is 110 g/mol. The Hall–Kier alpha value is -0.850. The van der Waals surface area contributed by atoms with E-state index >= 15 is 0 Å². The van der Waals surface area contributed by atoms with Crippen LogP contribution in [-0.4, -0.2) is 6.29 Å². The third-order valence-corrected chi connectivity index (χ3v) is 0.819. The Balaban J connectivity index is 3.60. The minimum Gasteiger partial charge on any atom is -0.299 e. The minimum absolute atomic E-state index is 0.791. The van der Waals surface area contributed by atoms with Crippen LogP contribution < -0.4 is 0 Å². The van der Waals surface area contributed by atoms with Crippen LogP contribution in [0.5, 0.6) is 0 Å². The minimum atomic E-state index is 0.791. The molecule has 0 saturated carbocycles. The van der Waals surface area contributed by atoms with E-state index in [1.54, 1.807) is 12.2 Å². The topological polar surface area (TPSA) is 17.1 Å². The van der Waals surface area contributed by atoms with Crippen LogP contribution in [0, 0.1) is 0 Å². The molecule has 1 heteroatoms. The summed E-state index contributed by atoms with van der Waals surface area (Å²) in [5, 5.41) is 0. The number of hydrogen-bond acceptors (Lipinski definition) is 1. The second-order valence-electron chi connectivity index (χ2n) is 1.64. The maximum absolute atomic E-state index is 9.78. The predicted molar refractivity (Wildman–Crippen MR) is 34.6 cm³/mol. The van der Waals surface area contributed by atoms with Gasteiger partial charge < -0.3 is 0 Å². The summed E-state index contributed by atoms with van der Waals surface area (Å²) >= 11 is 0. The Morgan fingerprint density at radius 3 is 2.75 bits per heavy atom. The van der Waals surface area contributed by atoms with Gasteiger partial charge in [-0.3, -0.25) is 4.79 Å². The van der Waals surface area contributed by atoms with Crippen LogP contribution in [0.2, 0.25) is 0 Å². The maximum atomic E-state index is 9.78. The Labute approximate surface area is 49.7 Å². The zero-order valence-electron chi connectivity index (χ0n) is 5.05. The fourth-order valence-corrected chi connectivity index (χ4v) is 0.412. The van der Waals surface area contributed by atoms with Crippen molar-refractivity contribution in [3.05, 3.63) is 24.3 Å².